The molecule has 9 nitrogen and oxygen atoms in total. The highest BCUT2D eigenvalue weighted by atomic mass is 32.2. The van der Waals surface area contributed by atoms with Crippen molar-refractivity contribution in [3.63, 3.8) is 0 Å². The second-order valence-corrected chi connectivity index (χ2v) is 10.5. The van der Waals surface area contributed by atoms with E-state index in [-0.39, 0.29) is 29.3 Å². The molecule has 2 aromatic rings. The number of hydrogen-bond donors (Lipinski definition) is 1. The number of ether oxygens (including phenoxy) is 1. The van der Waals surface area contributed by atoms with Crippen LogP contribution in [-0.4, -0.2) is 82.4 Å². The lowest BCUT2D eigenvalue weighted by molar-refractivity contribution is -0.116. The molecule has 10 heteroatoms. The summed E-state index contributed by atoms with van der Waals surface area (Å²) in [5, 5.41) is 2.80. The van der Waals surface area contributed by atoms with Gasteiger partial charge in [0.2, 0.25) is 15.9 Å². The zero-order valence-corrected chi connectivity index (χ0v) is 20.8. The third-order valence-electron chi connectivity index (χ3n) is 5.76. The van der Waals surface area contributed by atoms with Crippen LogP contribution in [0, 0.1) is 0 Å². The Morgan fingerprint density at radius 1 is 1.00 bits per heavy atom. The maximum Gasteiger partial charge on any atom is 0.254 e. The third-order valence-corrected chi connectivity index (χ3v) is 7.81. The normalized spacial score (nSPS) is 14.4. The molecule has 0 saturated carbocycles. The van der Waals surface area contributed by atoms with Crippen molar-refractivity contribution in [2.75, 3.05) is 57.2 Å². The first kappa shape index (κ1) is 25.7. The maximum atomic E-state index is 12.7. The van der Waals surface area contributed by atoms with Gasteiger partial charge in [-0.3, -0.25) is 9.59 Å². The Hall–Kier alpha value is -2.95. The van der Waals surface area contributed by atoms with Crippen molar-refractivity contribution in [3.8, 4) is 0 Å². The summed E-state index contributed by atoms with van der Waals surface area (Å²) < 4.78 is 31.8. The predicted octanol–water partition coefficient (Wildman–Crippen LogP) is 2.26. The average molecular weight is 489 g/mol. The molecule has 0 spiro atoms. The van der Waals surface area contributed by atoms with E-state index in [1.165, 1.54) is 47.6 Å². The van der Waals surface area contributed by atoms with E-state index in [9.17, 15) is 18.0 Å². The molecular formula is C24H32N4O5S. The molecule has 1 aliphatic heterocycles. The van der Waals surface area contributed by atoms with Crippen molar-refractivity contribution in [2.24, 2.45) is 0 Å². The van der Waals surface area contributed by atoms with E-state index in [1.807, 2.05) is 24.3 Å². The number of hydrogen-bond acceptors (Lipinski definition) is 6. The summed E-state index contributed by atoms with van der Waals surface area (Å²) in [6.07, 6.45) is 0. The van der Waals surface area contributed by atoms with Gasteiger partial charge in [0.25, 0.3) is 5.91 Å². The fourth-order valence-electron chi connectivity index (χ4n) is 3.50. The van der Waals surface area contributed by atoms with Gasteiger partial charge in [-0.1, -0.05) is 0 Å². The van der Waals surface area contributed by atoms with E-state index in [4.69, 9.17) is 4.74 Å². The monoisotopic (exact) mass is 488 g/mol. The molecule has 1 aliphatic rings. The van der Waals surface area contributed by atoms with E-state index in [0.29, 0.717) is 24.5 Å². The van der Waals surface area contributed by atoms with Gasteiger partial charge in [0.1, 0.15) is 0 Å². The minimum Gasteiger partial charge on any atom is -0.378 e. The summed E-state index contributed by atoms with van der Waals surface area (Å²) in [6, 6.07) is 13.1. The van der Waals surface area contributed by atoms with Crippen LogP contribution in [0.5, 0.6) is 0 Å². The molecule has 0 bridgehead atoms. The highest BCUT2D eigenvalue weighted by Crippen LogP contribution is 2.20. The summed E-state index contributed by atoms with van der Waals surface area (Å²) in [6.45, 7) is 6.50. The second kappa shape index (κ2) is 11.0. The fraction of sp³-hybridized carbons (Fsp3) is 0.417. The zero-order valence-electron chi connectivity index (χ0n) is 20.0. The van der Waals surface area contributed by atoms with Crippen molar-refractivity contribution >= 4 is 33.2 Å². The van der Waals surface area contributed by atoms with Gasteiger partial charge in [-0.2, -0.15) is 4.31 Å². The summed E-state index contributed by atoms with van der Waals surface area (Å²) in [5.41, 5.74) is 2.02. The van der Waals surface area contributed by atoms with E-state index >= 15 is 0 Å². The Kier molecular flexibility index (Phi) is 8.29. The molecule has 2 aromatic carbocycles. The Morgan fingerprint density at radius 2 is 1.59 bits per heavy atom. The number of nitrogens with one attached hydrogen (secondary N) is 1. The molecule has 0 radical (unpaired) electrons. The molecule has 184 valence electrons. The lowest BCUT2D eigenvalue weighted by atomic mass is 10.2. The van der Waals surface area contributed by atoms with Gasteiger partial charge in [0, 0.05) is 50.2 Å². The molecule has 2 amide bonds. The van der Waals surface area contributed by atoms with Gasteiger partial charge in [-0.05, 0) is 62.4 Å². The number of anilines is 2. The van der Waals surface area contributed by atoms with E-state index in [0.717, 1.165) is 18.8 Å². The van der Waals surface area contributed by atoms with Crippen LogP contribution in [0.4, 0.5) is 11.4 Å². The maximum absolute atomic E-state index is 12.7. The molecule has 1 saturated heterocycles. The average Bonchev–Trinajstić information content (AvgIpc) is 2.84. The predicted molar refractivity (Wildman–Crippen MR) is 132 cm³/mol. The summed E-state index contributed by atoms with van der Waals surface area (Å²) in [7, 11) is -0.586. The Balaban J connectivity index is 1.57. The highest BCUT2D eigenvalue weighted by Gasteiger charge is 2.24. The number of morpholine rings is 1. The summed E-state index contributed by atoms with van der Waals surface area (Å²) in [5.74, 6) is -0.702. The van der Waals surface area contributed by atoms with Crippen molar-refractivity contribution in [3.05, 3.63) is 54.1 Å². The number of nitrogens with zero attached hydrogens (tertiary/aromatic N) is 3. The van der Waals surface area contributed by atoms with E-state index < -0.39 is 10.0 Å². The van der Waals surface area contributed by atoms with Crippen LogP contribution >= 0.6 is 0 Å². The highest BCUT2D eigenvalue weighted by molar-refractivity contribution is 7.89. The quantitative estimate of drug-likeness (QED) is 0.612. The lowest BCUT2D eigenvalue weighted by Crippen LogP contribution is -2.36. The molecule has 34 heavy (non-hydrogen) atoms. The van der Waals surface area contributed by atoms with Gasteiger partial charge >= 0.3 is 0 Å². The van der Waals surface area contributed by atoms with Crippen LogP contribution in [0.15, 0.2) is 53.4 Å². The number of carbonyl (C=O) groups is 2. The first-order valence-electron chi connectivity index (χ1n) is 11.2. The standard InChI is InChI=1S/C24H32N4O5S/c1-18(2)27(4)34(31,32)22-11-5-19(6-12-22)24(30)26(3)17-23(29)25-20-7-9-21(10-8-20)28-13-15-33-16-14-28/h5-12,18H,13-17H2,1-4H3,(H,25,29). The molecular weight excluding hydrogens is 456 g/mol. The molecule has 0 aromatic heterocycles. The van der Waals surface area contributed by atoms with Crippen LogP contribution in [0.2, 0.25) is 0 Å². The first-order chi connectivity index (χ1) is 16.1. The summed E-state index contributed by atoms with van der Waals surface area (Å²) >= 11 is 0. The fourth-order valence-corrected chi connectivity index (χ4v) is 4.87. The molecule has 1 heterocycles. The molecule has 0 aliphatic carbocycles. The SMILES string of the molecule is CC(C)N(C)S(=O)(=O)c1ccc(C(=O)N(C)CC(=O)Nc2ccc(N3CCOCC3)cc2)cc1. The van der Waals surface area contributed by atoms with Crippen molar-refractivity contribution < 1.29 is 22.7 Å². The number of likely N-dealkylation sites (N-methyl/N-ethyl adjacent to an activating group) is 1. The molecule has 3 rings (SSSR count). The summed E-state index contributed by atoms with van der Waals surface area (Å²) in [4.78, 5) is 28.8. The number of rotatable bonds is 8. The Labute approximate surface area is 201 Å². The largest absolute Gasteiger partial charge is 0.378 e. The van der Waals surface area contributed by atoms with Gasteiger partial charge < -0.3 is 19.9 Å². The van der Waals surface area contributed by atoms with Gasteiger partial charge in [-0.15, -0.1) is 0 Å². The number of amides is 2. The van der Waals surface area contributed by atoms with Gasteiger partial charge in [0.15, 0.2) is 0 Å². The first-order valence-corrected chi connectivity index (χ1v) is 12.6. The minimum absolute atomic E-state index is 0.112. The van der Waals surface area contributed by atoms with Crippen LogP contribution in [0.3, 0.4) is 0 Å². The van der Waals surface area contributed by atoms with Crippen molar-refractivity contribution in [2.45, 2.75) is 24.8 Å². The number of sulfonamides is 1. The molecule has 0 unspecified atom stereocenters. The van der Waals surface area contributed by atoms with Crippen LogP contribution in [0.25, 0.3) is 0 Å². The van der Waals surface area contributed by atoms with Crippen LogP contribution < -0.4 is 10.2 Å². The number of benzene rings is 2. The minimum atomic E-state index is -3.63. The van der Waals surface area contributed by atoms with E-state index in [1.54, 1.807) is 13.8 Å². The topological polar surface area (TPSA) is 99.3 Å². The van der Waals surface area contributed by atoms with E-state index in [2.05, 4.69) is 10.2 Å². The second-order valence-electron chi connectivity index (χ2n) is 8.50. The van der Waals surface area contributed by atoms with Crippen molar-refractivity contribution in [1.29, 1.82) is 0 Å². The van der Waals surface area contributed by atoms with Crippen LogP contribution in [-0.2, 0) is 19.6 Å². The molecule has 1 N–H and O–H groups in total. The van der Waals surface area contributed by atoms with Gasteiger partial charge in [-0.25, -0.2) is 8.42 Å². The Morgan fingerprint density at radius 3 is 2.15 bits per heavy atom. The van der Waals surface area contributed by atoms with Crippen LogP contribution in [0.1, 0.15) is 24.2 Å². The van der Waals surface area contributed by atoms with Crippen molar-refractivity contribution in [1.82, 2.24) is 9.21 Å². The lowest BCUT2D eigenvalue weighted by Gasteiger charge is -2.28. The third kappa shape index (κ3) is 6.13. The molecule has 1 fully saturated rings. The Bertz CT molecular complexity index is 1100. The molecule has 0 atom stereocenters. The smallest absolute Gasteiger partial charge is 0.254 e. The van der Waals surface area contributed by atoms with Gasteiger partial charge in [0.05, 0.1) is 24.7 Å². The number of carbonyl (C=O) groups excluding carboxylic acids is 2. The zero-order chi connectivity index (χ0) is 24.9.